The summed E-state index contributed by atoms with van der Waals surface area (Å²) >= 11 is 0. The number of aliphatic hydroxyl groups excluding tert-OH is 1. The molecule has 0 aliphatic carbocycles. The van der Waals surface area contributed by atoms with Crippen molar-refractivity contribution >= 4 is 11.6 Å². The summed E-state index contributed by atoms with van der Waals surface area (Å²) < 4.78 is 11.4. The van der Waals surface area contributed by atoms with Crippen molar-refractivity contribution in [1.82, 2.24) is 5.32 Å². The van der Waals surface area contributed by atoms with Gasteiger partial charge in [0, 0.05) is 5.56 Å². The molecule has 0 radical (unpaired) electrons. The third-order valence-electron chi connectivity index (χ3n) is 5.14. The normalized spacial score (nSPS) is 11.3. The van der Waals surface area contributed by atoms with Crippen LogP contribution < -0.4 is 14.8 Å². The van der Waals surface area contributed by atoms with Crippen LogP contribution in [0.1, 0.15) is 40.9 Å². The Morgan fingerprint density at radius 1 is 1.09 bits per heavy atom. The van der Waals surface area contributed by atoms with Crippen LogP contribution in [0.4, 0.5) is 5.69 Å². The van der Waals surface area contributed by atoms with Gasteiger partial charge in [0.05, 0.1) is 30.9 Å². The molecule has 0 heterocycles. The second kappa shape index (κ2) is 12.2. The van der Waals surface area contributed by atoms with Crippen LogP contribution in [-0.4, -0.2) is 29.8 Å². The lowest BCUT2D eigenvalue weighted by molar-refractivity contribution is 0.0916. The molecule has 0 fully saturated rings. The zero-order valence-electron chi connectivity index (χ0n) is 19.7. The van der Waals surface area contributed by atoms with E-state index in [1.165, 1.54) is 6.07 Å². The molecule has 2 N–H and O–H groups in total. The number of carbonyl (C=O) groups is 1. The second-order valence-corrected chi connectivity index (χ2v) is 8.23. The van der Waals surface area contributed by atoms with E-state index in [1.54, 1.807) is 24.3 Å². The summed E-state index contributed by atoms with van der Waals surface area (Å²) in [6.45, 7) is 11.1. The van der Waals surface area contributed by atoms with Gasteiger partial charge in [-0.2, -0.15) is 5.26 Å². The van der Waals surface area contributed by atoms with Gasteiger partial charge in [-0.05, 0) is 61.7 Å². The molecular weight excluding hydrogens is 442 g/mol. The highest BCUT2D eigenvalue weighted by Crippen LogP contribution is 2.29. The number of aliphatic hydroxyl groups is 1. The van der Waals surface area contributed by atoms with Crippen molar-refractivity contribution in [3.63, 3.8) is 0 Å². The fraction of sp³-hybridized carbons (Fsp3) is 0.250. The van der Waals surface area contributed by atoms with Crippen molar-refractivity contribution in [2.24, 2.45) is 0 Å². The predicted octanol–water partition coefficient (Wildman–Crippen LogP) is 4.81. The van der Waals surface area contributed by atoms with Crippen LogP contribution in [0.3, 0.4) is 0 Å². The highest BCUT2D eigenvalue weighted by molar-refractivity contribution is 5.96. The minimum atomic E-state index is -0.576. The molecule has 0 aromatic heterocycles. The van der Waals surface area contributed by atoms with Crippen LogP contribution in [0.15, 0.2) is 66.7 Å². The molecule has 3 aromatic rings. The van der Waals surface area contributed by atoms with Crippen molar-refractivity contribution in [2.75, 3.05) is 6.61 Å². The van der Waals surface area contributed by atoms with Crippen molar-refractivity contribution in [3.8, 4) is 17.6 Å². The number of carbonyl (C=O) groups excluding carboxylic acids is 1. The highest BCUT2D eigenvalue weighted by Gasteiger charge is 2.17. The Balaban J connectivity index is 1.67. The monoisotopic (exact) mass is 469 g/mol. The zero-order valence-corrected chi connectivity index (χ0v) is 19.7. The van der Waals surface area contributed by atoms with Gasteiger partial charge in [0.25, 0.3) is 0 Å². The van der Waals surface area contributed by atoms with E-state index in [0.29, 0.717) is 35.7 Å². The Morgan fingerprint density at radius 2 is 1.83 bits per heavy atom. The van der Waals surface area contributed by atoms with E-state index >= 15 is 0 Å². The van der Waals surface area contributed by atoms with Gasteiger partial charge in [-0.25, -0.2) is 4.85 Å². The van der Waals surface area contributed by atoms with Crippen molar-refractivity contribution in [2.45, 2.75) is 39.0 Å². The average Bonchev–Trinajstić information content (AvgIpc) is 2.87. The molecule has 0 spiro atoms. The lowest BCUT2D eigenvalue weighted by Gasteiger charge is -2.18. The van der Waals surface area contributed by atoms with E-state index < -0.39 is 11.9 Å². The molecule has 7 nitrogen and oxygen atoms in total. The smallest absolute Gasteiger partial charge is 0.250 e. The summed E-state index contributed by atoms with van der Waals surface area (Å²) in [5.74, 6) is 0.484. The Labute approximate surface area is 205 Å². The quantitative estimate of drug-likeness (QED) is 0.416. The van der Waals surface area contributed by atoms with Gasteiger partial charge in [0.1, 0.15) is 24.2 Å². The molecule has 3 aromatic carbocycles. The highest BCUT2D eigenvalue weighted by atomic mass is 16.5. The average molecular weight is 470 g/mol. The SMILES string of the molecule is [C-]#[N+]c1cc(C(=O)N[C@H](CO)Cc2ccc(OCc3ccccc3)c(C#N)c2)ccc1OC(C)C. The maximum Gasteiger partial charge on any atom is 0.250 e. The predicted molar refractivity (Wildman–Crippen MR) is 132 cm³/mol. The Hall–Kier alpha value is -4.33. The second-order valence-electron chi connectivity index (χ2n) is 8.23. The van der Waals surface area contributed by atoms with Crippen LogP contribution in [0.2, 0.25) is 0 Å². The van der Waals surface area contributed by atoms with E-state index in [0.717, 1.165) is 11.1 Å². The fourth-order valence-corrected chi connectivity index (χ4v) is 3.47. The largest absolute Gasteiger partial charge is 0.502 e. The van der Waals surface area contributed by atoms with Crippen molar-refractivity contribution < 1.29 is 19.4 Å². The number of nitrogens with zero attached hydrogens (tertiary/aromatic N) is 2. The fourth-order valence-electron chi connectivity index (χ4n) is 3.47. The molecule has 0 saturated carbocycles. The molecular formula is C28H27N3O4. The van der Waals surface area contributed by atoms with Gasteiger partial charge < -0.3 is 19.9 Å². The van der Waals surface area contributed by atoms with Crippen molar-refractivity contribution in [1.29, 1.82) is 5.26 Å². The Morgan fingerprint density at radius 3 is 2.49 bits per heavy atom. The first-order valence-electron chi connectivity index (χ1n) is 11.2. The number of hydrogen-bond donors (Lipinski definition) is 2. The lowest BCUT2D eigenvalue weighted by Crippen LogP contribution is -2.39. The van der Waals surface area contributed by atoms with E-state index in [1.807, 2.05) is 50.2 Å². The van der Waals surface area contributed by atoms with Crippen LogP contribution in [0, 0.1) is 17.9 Å². The third-order valence-corrected chi connectivity index (χ3v) is 5.14. The molecule has 0 aliphatic heterocycles. The van der Waals surface area contributed by atoms with Gasteiger partial charge in [0.15, 0.2) is 0 Å². The maximum atomic E-state index is 12.8. The number of nitrogens with one attached hydrogen (secondary N) is 1. The molecule has 1 amide bonds. The van der Waals surface area contributed by atoms with E-state index in [2.05, 4.69) is 16.2 Å². The van der Waals surface area contributed by atoms with Gasteiger partial charge in [-0.1, -0.05) is 36.4 Å². The van der Waals surface area contributed by atoms with Gasteiger partial charge in [-0.15, -0.1) is 0 Å². The molecule has 0 aliphatic rings. The molecule has 178 valence electrons. The van der Waals surface area contributed by atoms with Gasteiger partial charge in [-0.3, -0.25) is 4.79 Å². The number of rotatable bonds is 10. The Kier molecular flexibility index (Phi) is 8.83. The minimum Gasteiger partial charge on any atom is -0.502 e. The zero-order chi connectivity index (χ0) is 25.2. The van der Waals surface area contributed by atoms with Gasteiger partial charge >= 0.3 is 0 Å². The first-order valence-corrected chi connectivity index (χ1v) is 11.2. The number of ether oxygens (including phenoxy) is 2. The maximum absolute atomic E-state index is 12.8. The van der Waals surface area contributed by atoms with Crippen LogP contribution in [-0.2, 0) is 13.0 Å². The first-order chi connectivity index (χ1) is 16.9. The Bertz CT molecular complexity index is 1240. The van der Waals surface area contributed by atoms with Crippen LogP contribution in [0.5, 0.6) is 11.5 Å². The van der Waals surface area contributed by atoms with E-state index in [-0.39, 0.29) is 18.4 Å². The molecule has 7 heteroatoms. The summed E-state index contributed by atoms with van der Waals surface area (Å²) in [5, 5.41) is 22.2. The number of hydrogen-bond acceptors (Lipinski definition) is 5. The topological polar surface area (TPSA) is 95.9 Å². The summed E-state index contributed by atoms with van der Waals surface area (Å²) in [5.41, 5.74) is 2.69. The van der Waals surface area contributed by atoms with Crippen LogP contribution >= 0.6 is 0 Å². The molecule has 0 bridgehead atoms. The van der Waals surface area contributed by atoms with E-state index in [9.17, 15) is 15.2 Å². The summed E-state index contributed by atoms with van der Waals surface area (Å²) in [7, 11) is 0. The van der Waals surface area contributed by atoms with Crippen molar-refractivity contribution in [3.05, 3.63) is 100 Å². The molecule has 3 rings (SSSR count). The molecule has 0 unspecified atom stereocenters. The minimum absolute atomic E-state index is 0.0950. The first kappa shape index (κ1) is 25.3. The third kappa shape index (κ3) is 7.07. The van der Waals surface area contributed by atoms with Gasteiger partial charge in [0.2, 0.25) is 11.6 Å². The molecule has 1 atom stereocenters. The molecule has 35 heavy (non-hydrogen) atoms. The number of amides is 1. The lowest BCUT2D eigenvalue weighted by atomic mass is 10.0. The standard InChI is InChI=1S/C28H27N3O4/c1-19(2)35-27-12-10-22(15-25(27)30-3)28(33)31-24(17-32)14-21-9-11-26(23(13-21)16-29)34-18-20-7-5-4-6-8-20/h4-13,15,19,24,32H,14,17-18H2,1-2H3,(H,31,33)/t24-/m0/s1. The van der Waals surface area contributed by atoms with Crippen LogP contribution in [0.25, 0.3) is 4.85 Å². The summed E-state index contributed by atoms with van der Waals surface area (Å²) in [4.78, 5) is 16.2. The summed E-state index contributed by atoms with van der Waals surface area (Å²) in [6, 6.07) is 21.1. The molecule has 0 saturated heterocycles. The van der Waals surface area contributed by atoms with E-state index in [4.69, 9.17) is 16.0 Å². The number of nitriles is 1. The summed E-state index contributed by atoms with van der Waals surface area (Å²) in [6.07, 6.45) is 0.225. The number of benzene rings is 3.